The number of hydrogen-bond donors (Lipinski definition) is 1. The van der Waals surface area contributed by atoms with Crippen LogP contribution in [-0.2, 0) is 4.74 Å². The summed E-state index contributed by atoms with van der Waals surface area (Å²) < 4.78 is 6.15. The number of hydrogen-bond acceptors (Lipinski definition) is 2. The zero-order chi connectivity index (χ0) is 11.5. The SMILES string of the molecule is CCC1CCC(NC)C(OC(C)(C)C)C1. The average molecular weight is 213 g/mol. The van der Waals surface area contributed by atoms with E-state index in [9.17, 15) is 0 Å². The molecule has 2 nitrogen and oxygen atoms in total. The molecule has 0 heterocycles. The molecule has 1 aliphatic rings. The van der Waals surface area contributed by atoms with Crippen LogP contribution in [0.4, 0.5) is 0 Å². The van der Waals surface area contributed by atoms with Crippen molar-refractivity contribution in [2.75, 3.05) is 7.05 Å². The van der Waals surface area contributed by atoms with Gasteiger partial charge in [-0.05, 0) is 53.0 Å². The first kappa shape index (κ1) is 13.0. The molecule has 0 radical (unpaired) electrons. The molecule has 0 amide bonds. The highest BCUT2D eigenvalue weighted by Crippen LogP contribution is 2.31. The summed E-state index contributed by atoms with van der Waals surface area (Å²) in [5.74, 6) is 0.863. The first-order chi connectivity index (χ1) is 6.96. The van der Waals surface area contributed by atoms with E-state index in [0.717, 1.165) is 5.92 Å². The van der Waals surface area contributed by atoms with Gasteiger partial charge in [-0.1, -0.05) is 13.3 Å². The Balaban J connectivity index is 2.55. The molecular weight excluding hydrogens is 186 g/mol. The maximum atomic E-state index is 6.15. The average Bonchev–Trinajstić information content (AvgIpc) is 2.15. The van der Waals surface area contributed by atoms with Gasteiger partial charge in [0.1, 0.15) is 0 Å². The zero-order valence-electron chi connectivity index (χ0n) is 11.0. The van der Waals surface area contributed by atoms with Crippen LogP contribution in [0.15, 0.2) is 0 Å². The summed E-state index contributed by atoms with van der Waals surface area (Å²) in [5.41, 5.74) is -0.0185. The van der Waals surface area contributed by atoms with Gasteiger partial charge in [0.05, 0.1) is 11.7 Å². The van der Waals surface area contributed by atoms with Crippen molar-refractivity contribution >= 4 is 0 Å². The Labute approximate surface area is 94.8 Å². The summed E-state index contributed by atoms with van der Waals surface area (Å²) in [7, 11) is 2.05. The largest absolute Gasteiger partial charge is 0.371 e. The molecule has 0 aromatic rings. The topological polar surface area (TPSA) is 21.3 Å². The van der Waals surface area contributed by atoms with Crippen molar-refractivity contribution in [3.63, 3.8) is 0 Å². The van der Waals surface area contributed by atoms with Crippen LogP contribution < -0.4 is 5.32 Å². The number of likely N-dealkylation sites (N-methyl/N-ethyl adjacent to an activating group) is 1. The number of rotatable bonds is 3. The summed E-state index contributed by atoms with van der Waals surface area (Å²) in [6.45, 7) is 8.73. The first-order valence-corrected chi connectivity index (χ1v) is 6.31. The Morgan fingerprint density at radius 3 is 2.40 bits per heavy atom. The molecule has 2 heteroatoms. The van der Waals surface area contributed by atoms with Gasteiger partial charge in [-0.25, -0.2) is 0 Å². The van der Waals surface area contributed by atoms with Crippen molar-refractivity contribution in [1.29, 1.82) is 0 Å². The summed E-state index contributed by atoms with van der Waals surface area (Å²) in [6, 6.07) is 0.548. The lowest BCUT2D eigenvalue weighted by molar-refractivity contribution is -0.0945. The Bertz CT molecular complexity index is 185. The minimum atomic E-state index is -0.0185. The van der Waals surface area contributed by atoms with Crippen LogP contribution in [0.2, 0.25) is 0 Å². The lowest BCUT2D eigenvalue weighted by Crippen LogP contribution is -2.46. The second-order valence-corrected chi connectivity index (χ2v) is 5.75. The highest BCUT2D eigenvalue weighted by Gasteiger charge is 2.32. The van der Waals surface area contributed by atoms with E-state index < -0.39 is 0 Å². The first-order valence-electron chi connectivity index (χ1n) is 6.31. The maximum Gasteiger partial charge on any atom is 0.0737 e. The van der Waals surface area contributed by atoms with Crippen LogP contribution in [0.3, 0.4) is 0 Å². The maximum absolute atomic E-state index is 6.15. The van der Waals surface area contributed by atoms with Gasteiger partial charge in [0, 0.05) is 6.04 Å². The molecule has 1 fully saturated rings. The molecule has 0 aromatic carbocycles. The standard InChI is InChI=1S/C13H27NO/c1-6-10-7-8-11(14-5)12(9-10)15-13(2,3)4/h10-12,14H,6-9H2,1-5H3. The second-order valence-electron chi connectivity index (χ2n) is 5.75. The molecule has 15 heavy (non-hydrogen) atoms. The fraction of sp³-hybridized carbons (Fsp3) is 1.00. The predicted octanol–water partition coefficient (Wildman–Crippen LogP) is 2.97. The van der Waals surface area contributed by atoms with E-state index >= 15 is 0 Å². The molecule has 1 rings (SSSR count). The Morgan fingerprint density at radius 1 is 1.27 bits per heavy atom. The van der Waals surface area contributed by atoms with E-state index in [0.29, 0.717) is 12.1 Å². The van der Waals surface area contributed by atoms with Crippen molar-refractivity contribution in [3.8, 4) is 0 Å². The van der Waals surface area contributed by atoms with Gasteiger partial charge in [0.2, 0.25) is 0 Å². The highest BCUT2D eigenvalue weighted by molar-refractivity contribution is 4.86. The van der Waals surface area contributed by atoms with Gasteiger partial charge in [-0.15, -0.1) is 0 Å². The quantitative estimate of drug-likeness (QED) is 0.778. The monoisotopic (exact) mass is 213 g/mol. The third kappa shape index (κ3) is 4.12. The molecular formula is C13H27NO. The molecule has 3 atom stereocenters. The van der Waals surface area contributed by atoms with Gasteiger partial charge >= 0.3 is 0 Å². The number of ether oxygens (including phenoxy) is 1. The highest BCUT2D eigenvalue weighted by atomic mass is 16.5. The normalized spacial score (nSPS) is 33.0. The summed E-state index contributed by atoms with van der Waals surface area (Å²) in [4.78, 5) is 0. The third-order valence-electron chi connectivity index (χ3n) is 3.35. The molecule has 0 bridgehead atoms. The summed E-state index contributed by atoms with van der Waals surface area (Å²) >= 11 is 0. The van der Waals surface area contributed by atoms with E-state index in [1.807, 2.05) is 0 Å². The molecule has 0 saturated heterocycles. The third-order valence-corrected chi connectivity index (χ3v) is 3.35. The lowest BCUT2D eigenvalue weighted by atomic mass is 9.82. The van der Waals surface area contributed by atoms with Crippen LogP contribution in [0.1, 0.15) is 53.4 Å². The van der Waals surface area contributed by atoms with Gasteiger partial charge in [0.15, 0.2) is 0 Å². The van der Waals surface area contributed by atoms with Crippen molar-refractivity contribution in [2.24, 2.45) is 5.92 Å². The van der Waals surface area contributed by atoms with E-state index in [1.165, 1.54) is 25.7 Å². The fourth-order valence-corrected chi connectivity index (χ4v) is 2.50. The zero-order valence-corrected chi connectivity index (χ0v) is 11.0. The van der Waals surface area contributed by atoms with Crippen molar-refractivity contribution in [1.82, 2.24) is 5.32 Å². The Morgan fingerprint density at radius 2 is 1.93 bits per heavy atom. The molecule has 1 N–H and O–H groups in total. The van der Waals surface area contributed by atoms with Gasteiger partial charge in [-0.2, -0.15) is 0 Å². The van der Waals surface area contributed by atoms with Crippen LogP contribution >= 0.6 is 0 Å². The molecule has 0 spiro atoms. The number of nitrogens with one attached hydrogen (secondary N) is 1. The van der Waals surface area contributed by atoms with Crippen molar-refractivity contribution in [2.45, 2.75) is 71.1 Å². The van der Waals surface area contributed by atoms with E-state index in [-0.39, 0.29) is 5.60 Å². The van der Waals surface area contributed by atoms with Crippen molar-refractivity contribution < 1.29 is 4.74 Å². The van der Waals surface area contributed by atoms with Gasteiger partial charge < -0.3 is 10.1 Å². The Hall–Kier alpha value is -0.0800. The minimum absolute atomic E-state index is 0.0185. The predicted molar refractivity (Wildman–Crippen MR) is 65.1 cm³/mol. The minimum Gasteiger partial charge on any atom is -0.371 e. The molecule has 1 saturated carbocycles. The summed E-state index contributed by atoms with van der Waals surface area (Å²) in [5, 5.41) is 3.40. The summed E-state index contributed by atoms with van der Waals surface area (Å²) in [6.07, 6.45) is 5.52. The Kier molecular flexibility index (Phi) is 4.60. The smallest absolute Gasteiger partial charge is 0.0737 e. The van der Waals surface area contributed by atoms with Crippen LogP contribution in [0, 0.1) is 5.92 Å². The molecule has 90 valence electrons. The van der Waals surface area contributed by atoms with E-state index in [2.05, 4.69) is 40.1 Å². The molecule has 1 aliphatic carbocycles. The molecule has 0 aliphatic heterocycles. The van der Waals surface area contributed by atoms with Crippen LogP contribution in [0.25, 0.3) is 0 Å². The van der Waals surface area contributed by atoms with E-state index in [1.54, 1.807) is 0 Å². The fourth-order valence-electron chi connectivity index (χ4n) is 2.50. The lowest BCUT2D eigenvalue weighted by Gasteiger charge is -2.39. The van der Waals surface area contributed by atoms with E-state index in [4.69, 9.17) is 4.74 Å². The van der Waals surface area contributed by atoms with Crippen molar-refractivity contribution in [3.05, 3.63) is 0 Å². The van der Waals surface area contributed by atoms with Gasteiger partial charge in [-0.3, -0.25) is 0 Å². The van der Waals surface area contributed by atoms with Crippen LogP contribution in [0.5, 0.6) is 0 Å². The molecule has 3 unspecified atom stereocenters. The second kappa shape index (κ2) is 5.31. The van der Waals surface area contributed by atoms with Crippen LogP contribution in [-0.4, -0.2) is 24.8 Å². The molecule has 0 aromatic heterocycles. The van der Waals surface area contributed by atoms with Gasteiger partial charge in [0.25, 0.3) is 0 Å².